The van der Waals surface area contributed by atoms with Crippen LogP contribution in [0.2, 0.25) is 0 Å². The van der Waals surface area contributed by atoms with Crippen molar-refractivity contribution in [2.75, 3.05) is 20.1 Å². The second kappa shape index (κ2) is 12.5. The highest BCUT2D eigenvalue weighted by molar-refractivity contribution is 5.36. The Kier molecular flexibility index (Phi) is 9.46. The highest BCUT2D eigenvalue weighted by atomic mass is 16.3. The lowest BCUT2D eigenvalue weighted by Crippen LogP contribution is -2.32. The van der Waals surface area contributed by atoms with Crippen LogP contribution < -0.4 is 5.32 Å². The Morgan fingerprint density at radius 2 is 1.64 bits per heavy atom. The number of aliphatic hydroxyl groups is 2. The zero-order chi connectivity index (χ0) is 23.6. The molecule has 33 heavy (non-hydrogen) atoms. The predicted octanol–water partition coefficient (Wildman–Crippen LogP) is 3.81. The second-order valence-electron chi connectivity index (χ2n) is 8.87. The molecule has 0 unspecified atom stereocenters. The standard InChI is InChI=1S/C28H36N2O3/c1-21(29-18-28(33)25-11-12-27(32)26(17-25)20-31)15-24-10-6-9-22(16-24)13-14-30(2)19-23-7-4-3-5-8-23/h3-12,16-17,21,28-29,31-33H,13-15,18-20H2,1-2H3/t21-,28+/m1/s1. The van der Waals surface area contributed by atoms with Crippen LogP contribution in [0.4, 0.5) is 0 Å². The summed E-state index contributed by atoms with van der Waals surface area (Å²) in [4.78, 5) is 2.35. The molecule has 4 N–H and O–H groups in total. The van der Waals surface area contributed by atoms with Gasteiger partial charge in [-0.15, -0.1) is 0 Å². The fourth-order valence-electron chi connectivity index (χ4n) is 4.00. The summed E-state index contributed by atoms with van der Waals surface area (Å²) in [5, 5.41) is 32.9. The third-order valence-corrected chi connectivity index (χ3v) is 5.93. The largest absolute Gasteiger partial charge is 0.508 e. The molecule has 3 aromatic rings. The average molecular weight is 449 g/mol. The Bertz CT molecular complexity index is 993. The van der Waals surface area contributed by atoms with Crippen molar-refractivity contribution < 1.29 is 15.3 Å². The lowest BCUT2D eigenvalue weighted by Gasteiger charge is -2.19. The fraction of sp³-hybridized carbons (Fsp3) is 0.357. The van der Waals surface area contributed by atoms with E-state index in [0.717, 1.165) is 25.9 Å². The molecule has 0 aliphatic rings. The first-order valence-electron chi connectivity index (χ1n) is 11.6. The SMILES string of the molecule is C[C@H](Cc1cccc(CCN(C)Cc2ccccc2)c1)NC[C@H](O)c1ccc(O)c(CO)c1. The Labute approximate surface area is 197 Å². The Morgan fingerprint density at radius 3 is 2.39 bits per heavy atom. The van der Waals surface area contributed by atoms with Gasteiger partial charge in [0.15, 0.2) is 0 Å². The molecule has 0 heterocycles. The van der Waals surface area contributed by atoms with Crippen molar-refractivity contribution in [1.29, 1.82) is 0 Å². The minimum atomic E-state index is -0.704. The summed E-state index contributed by atoms with van der Waals surface area (Å²) >= 11 is 0. The topological polar surface area (TPSA) is 76.0 Å². The molecule has 176 valence electrons. The highest BCUT2D eigenvalue weighted by Gasteiger charge is 2.12. The van der Waals surface area contributed by atoms with E-state index in [-0.39, 0.29) is 18.4 Å². The van der Waals surface area contributed by atoms with E-state index in [4.69, 9.17) is 0 Å². The van der Waals surface area contributed by atoms with Gasteiger partial charge in [-0.3, -0.25) is 0 Å². The summed E-state index contributed by atoms with van der Waals surface area (Å²) in [7, 11) is 2.16. The summed E-state index contributed by atoms with van der Waals surface area (Å²) < 4.78 is 0. The van der Waals surface area contributed by atoms with E-state index in [0.29, 0.717) is 17.7 Å². The van der Waals surface area contributed by atoms with E-state index >= 15 is 0 Å². The van der Waals surface area contributed by atoms with Crippen LogP contribution in [0.15, 0.2) is 72.8 Å². The first-order valence-corrected chi connectivity index (χ1v) is 11.6. The number of nitrogens with one attached hydrogen (secondary N) is 1. The molecule has 2 atom stereocenters. The molecule has 0 spiro atoms. The number of aliphatic hydroxyl groups excluding tert-OH is 2. The van der Waals surface area contributed by atoms with Gasteiger partial charge in [-0.2, -0.15) is 0 Å². The third-order valence-electron chi connectivity index (χ3n) is 5.93. The van der Waals surface area contributed by atoms with Crippen LogP contribution in [0.3, 0.4) is 0 Å². The molecule has 5 nitrogen and oxygen atoms in total. The number of benzene rings is 3. The molecule has 0 fully saturated rings. The van der Waals surface area contributed by atoms with Crippen molar-refractivity contribution in [3.63, 3.8) is 0 Å². The van der Waals surface area contributed by atoms with Crippen LogP contribution in [0.25, 0.3) is 0 Å². The van der Waals surface area contributed by atoms with Crippen molar-refractivity contribution in [2.45, 2.75) is 45.1 Å². The first kappa shape index (κ1) is 24.9. The average Bonchev–Trinajstić information content (AvgIpc) is 2.82. The van der Waals surface area contributed by atoms with Crippen LogP contribution >= 0.6 is 0 Å². The van der Waals surface area contributed by atoms with Crippen molar-refractivity contribution in [3.8, 4) is 5.75 Å². The summed E-state index contributed by atoms with van der Waals surface area (Å²) in [5.41, 5.74) is 5.04. The number of hydrogen-bond donors (Lipinski definition) is 4. The maximum absolute atomic E-state index is 10.5. The number of nitrogens with zero attached hydrogens (tertiary/aromatic N) is 1. The summed E-state index contributed by atoms with van der Waals surface area (Å²) in [6.45, 7) is 4.21. The number of hydrogen-bond acceptors (Lipinski definition) is 5. The molecule has 0 saturated heterocycles. The van der Waals surface area contributed by atoms with Gasteiger partial charge < -0.3 is 25.5 Å². The van der Waals surface area contributed by atoms with Gasteiger partial charge in [0.1, 0.15) is 5.75 Å². The van der Waals surface area contributed by atoms with E-state index in [1.54, 1.807) is 12.1 Å². The van der Waals surface area contributed by atoms with Gasteiger partial charge in [0.2, 0.25) is 0 Å². The summed E-state index contributed by atoms with van der Waals surface area (Å²) in [5.74, 6) is 0.0425. The summed E-state index contributed by atoms with van der Waals surface area (Å²) in [6.07, 6.45) is 1.17. The van der Waals surface area contributed by atoms with E-state index in [2.05, 4.69) is 72.7 Å². The first-order chi connectivity index (χ1) is 15.9. The summed E-state index contributed by atoms with van der Waals surface area (Å²) in [6, 6.07) is 24.3. The van der Waals surface area contributed by atoms with Crippen LogP contribution in [0, 0.1) is 0 Å². The van der Waals surface area contributed by atoms with Crippen molar-refractivity contribution in [1.82, 2.24) is 10.2 Å². The molecule has 3 aromatic carbocycles. The minimum absolute atomic E-state index is 0.0425. The maximum Gasteiger partial charge on any atom is 0.121 e. The lowest BCUT2D eigenvalue weighted by atomic mass is 10.0. The van der Waals surface area contributed by atoms with Crippen LogP contribution in [-0.4, -0.2) is 46.4 Å². The molecule has 5 heteroatoms. The predicted molar refractivity (Wildman–Crippen MR) is 133 cm³/mol. The van der Waals surface area contributed by atoms with Crippen molar-refractivity contribution in [3.05, 3.63) is 101 Å². The monoisotopic (exact) mass is 448 g/mol. The van der Waals surface area contributed by atoms with E-state index in [1.807, 2.05) is 6.07 Å². The maximum atomic E-state index is 10.5. The third kappa shape index (κ3) is 7.98. The van der Waals surface area contributed by atoms with Gasteiger partial charge in [-0.1, -0.05) is 60.7 Å². The normalized spacial score (nSPS) is 13.2. The van der Waals surface area contributed by atoms with E-state index in [1.165, 1.54) is 22.8 Å². The minimum Gasteiger partial charge on any atom is -0.508 e. The van der Waals surface area contributed by atoms with Crippen LogP contribution in [-0.2, 0) is 26.0 Å². The van der Waals surface area contributed by atoms with Crippen molar-refractivity contribution in [2.24, 2.45) is 0 Å². The second-order valence-corrected chi connectivity index (χ2v) is 8.87. The number of rotatable bonds is 12. The molecule has 0 aliphatic heterocycles. The molecule has 0 saturated carbocycles. The quantitative estimate of drug-likeness (QED) is 0.339. The number of aromatic hydroxyl groups is 1. The molecule has 0 bridgehead atoms. The smallest absolute Gasteiger partial charge is 0.121 e. The molecular weight excluding hydrogens is 412 g/mol. The van der Waals surface area contributed by atoms with Gasteiger partial charge >= 0.3 is 0 Å². The van der Waals surface area contributed by atoms with Gasteiger partial charge in [0.05, 0.1) is 12.7 Å². The molecular formula is C28H36N2O3. The number of likely N-dealkylation sites (N-methyl/N-ethyl adjacent to an activating group) is 1. The van der Waals surface area contributed by atoms with Gasteiger partial charge in [0, 0.05) is 31.2 Å². The van der Waals surface area contributed by atoms with Crippen LogP contribution in [0.5, 0.6) is 5.75 Å². The lowest BCUT2D eigenvalue weighted by molar-refractivity contribution is 0.170. The van der Waals surface area contributed by atoms with Crippen molar-refractivity contribution >= 4 is 0 Å². The molecule has 0 aromatic heterocycles. The van der Waals surface area contributed by atoms with Crippen LogP contribution in [0.1, 0.15) is 40.8 Å². The highest BCUT2D eigenvalue weighted by Crippen LogP contribution is 2.22. The Morgan fingerprint density at radius 1 is 0.909 bits per heavy atom. The van der Waals surface area contributed by atoms with E-state index in [9.17, 15) is 15.3 Å². The molecule has 0 radical (unpaired) electrons. The molecule has 0 amide bonds. The number of phenols is 1. The van der Waals surface area contributed by atoms with Gasteiger partial charge in [0.25, 0.3) is 0 Å². The zero-order valence-corrected chi connectivity index (χ0v) is 19.6. The Balaban J connectivity index is 1.46. The zero-order valence-electron chi connectivity index (χ0n) is 19.6. The Hall–Kier alpha value is -2.70. The van der Waals surface area contributed by atoms with Gasteiger partial charge in [-0.25, -0.2) is 0 Å². The molecule has 3 rings (SSSR count). The van der Waals surface area contributed by atoms with Gasteiger partial charge in [-0.05, 0) is 61.2 Å². The fourth-order valence-corrected chi connectivity index (χ4v) is 4.00. The molecule has 0 aliphatic carbocycles. The van der Waals surface area contributed by atoms with E-state index < -0.39 is 6.10 Å².